The lowest BCUT2D eigenvalue weighted by Crippen LogP contribution is -2.25. The van der Waals surface area contributed by atoms with Crippen molar-refractivity contribution >= 4 is 22.8 Å². The molecule has 0 spiro atoms. The fraction of sp³-hybridized carbons (Fsp3) is 0.304. The predicted molar refractivity (Wildman–Crippen MR) is 111 cm³/mol. The zero-order valence-corrected chi connectivity index (χ0v) is 18.2. The maximum atomic E-state index is 14.1. The van der Waals surface area contributed by atoms with E-state index in [0.29, 0.717) is 11.3 Å². The van der Waals surface area contributed by atoms with Crippen LogP contribution in [-0.2, 0) is 16.0 Å². The molecule has 33 heavy (non-hydrogen) atoms. The van der Waals surface area contributed by atoms with Gasteiger partial charge in [0.15, 0.2) is 11.6 Å². The van der Waals surface area contributed by atoms with Crippen LogP contribution in [0.5, 0.6) is 11.5 Å². The van der Waals surface area contributed by atoms with Gasteiger partial charge in [-0.05, 0) is 63.6 Å². The van der Waals surface area contributed by atoms with Crippen molar-refractivity contribution in [3.63, 3.8) is 0 Å². The normalized spacial score (nSPS) is 12.1. The Morgan fingerprint density at radius 3 is 2.21 bits per heavy atom. The molecule has 1 heterocycles. The summed E-state index contributed by atoms with van der Waals surface area (Å²) in [6.07, 6.45) is -5.13. The summed E-state index contributed by atoms with van der Waals surface area (Å²) in [5.74, 6) is -3.40. The number of ether oxygens (including phenoxy) is 2. The van der Waals surface area contributed by atoms with E-state index in [2.05, 4.69) is 4.74 Å². The second-order valence-corrected chi connectivity index (χ2v) is 8.36. The first-order valence-electron chi connectivity index (χ1n) is 9.81. The SMILES string of the molecule is Cc1c(CC(=O)OC(C)(C)C)c2cc(O)c(F)cc2n1C(=O)c1ccc(OC(F)(F)F)cc1. The standard InChI is InChI=1S/C23H21F4NO5/c1-12-15(10-20(30)33-22(2,3)4)16-9-19(29)17(24)11-18(16)28(12)21(31)13-5-7-14(8-6-13)32-23(25,26)27/h5-9,11,29H,10H2,1-4H3. The number of hydrogen-bond acceptors (Lipinski definition) is 5. The molecule has 0 bridgehead atoms. The smallest absolute Gasteiger partial charge is 0.505 e. The number of carbonyl (C=O) groups excluding carboxylic acids is 2. The molecule has 0 aliphatic carbocycles. The third kappa shape index (κ3) is 5.44. The summed E-state index contributed by atoms with van der Waals surface area (Å²) < 4.78 is 61.6. The van der Waals surface area contributed by atoms with Gasteiger partial charge in [0, 0.05) is 22.7 Å². The number of rotatable bonds is 4. The van der Waals surface area contributed by atoms with E-state index in [0.717, 1.165) is 41.0 Å². The Morgan fingerprint density at radius 2 is 1.67 bits per heavy atom. The molecule has 6 nitrogen and oxygen atoms in total. The fourth-order valence-electron chi connectivity index (χ4n) is 3.42. The molecule has 0 saturated heterocycles. The van der Waals surface area contributed by atoms with Crippen molar-refractivity contribution in [1.29, 1.82) is 0 Å². The van der Waals surface area contributed by atoms with E-state index in [9.17, 15) is 32.3 Å². The Kier molecular flexibility index (Phi) is 6.14. The van der Waals surface area contributed by atoms with Crippen molar-refractivity contribution in [2.75, 3.05) is 0 Å². The molecule has 0 amide bonds. The zero-order valence-electron chi connectivity index (χ0n) is 18.2. The van der Waals surface area contributed by atoms with Gasteiger partial charge >= 0.3 is 12.3 Å². The zero-order chi connectivity index (χ0) is 24.7. The summed E-state index contributed by atoms with van der Waals surface area (Å²) in [5.41, 5.74) is -0.0293. The Bertz CT molecular complexity index is 1220. The van der Waals surface area contributed by atoms with E-state index in [1.807, 2.05) is 0 Å². The van der Waals surface area contributed by atoms with E-state index in [4.69, 9.17) is 4.74 Å². The molecule has 10 heteroatoms. The van der Waals surface area contributed by atoms with E-state index in [-0.39, 0.29) is 22.9 Å². The number of phenolic OH excluding ortho intramolecular Hbond substituents is 1. The highest BCUT2D eigenvalue weighted by molar-refractivity contribution is 6.05. The van der Waals surface area contributed by atoms with Crippen molar-refractivity contribution in [3.05, 3.63) is 59.0 Å². The third-order valence-corrected chi connectivity index (χ3v) is 4.68. The van der Waals surface area contributed by atoms with Crippen LogP contribution in [-0.4, -0.2) is 33.5 Å². The second kappa shape index (κ2) is 8.42. The lowest BCUT2D eigenvalue weighted by atomic mass is 10.1. The minimum atomic E-state index is -4.88. The summed E-state index contributed by atoms with van der Waals surface area (Å²) in [5, 5.41) is 10.1. The molecule has 0 atom stereocenters. The molecule has 0 aliphatic heterocycles. The number of carbonyl (C=O) groups is 2. The van der Waals surface area contributed by atoms with Crippen LogP contribution in [0.1, 0.15) is 42.4 Å². The molecule has 0 unspecified atom stereocenters. The molecular weight excluding hydrogens is 446 g/mol. The van der Waals surface area contributed by atoms with Crippen LogP contribution in [0.2, 0.25) is 0 Å². The number of nitrogens with zero attached hydrogens (tertiary/aromatic N) is 1. The summed E-state index contributed by atoms with van der Waals surface area (Å²) in [6, 6.07) is 6.31. The lowest BCUT2D eigenvalue weighted by Gasteiger charge is -2.19. The molecule has 176 valence electrons. The summed E-state index contributed by atoms with van der Waals surface area (Å²) in [6.45, 7) is 6.61. The van der Waals surface area contributed by atoms with Crippen LogP contribution < -0.4 is 4.74 Å². The largest absolute Gasteiger partial charge is 0.573 e. The number of hydrogen-bond donors (Lipinski definition) is 1. The Morgan fingerprint density at radius 1 is 1.06 bits per heavy atom. The highest BCUT2D eigenvalue weighted by Crippen LogP contribution is 2.33. The molecule has 2 aromatic carbocycles. The van der Waals surface area contributed by atoms with Crippen LogP contribution in [0.4, 0.5) is 17.6 Å². The van der Waals surface area contributed by atoms with E-state index < -0.39 is 41.2 Å². The van der Waals surface area contributed by atoms with Gasteiger partial charge in [0.25, 0.3) is 5.91 Å². The van der Waals surface area contributed by atoms with Crippen molar-refractivity contribution in [2.24, 2.45) is 0 Å². The number of benzene rings is 2. The number of aromatic nitrogens is 1. The molecule has 3 aromatic rings. The number of phenols is 1. The number of alkyl halides is 3. The van der Waals surface area contributed by atoms with Crippen LogP contribution in [0.25, 0.3) is 10.9 Å². The molecule has 1 aromatic heterocycles. The molecule has 0 saturated carbocycles. The first kappa shape index (κ1) is 24.1. The second-order valence-electron chi connectivity index (χ2n) is 8.36. The fourth-order valence-corrected chi connectivity index (χ4v) is 3.42. The van der Waals surface area contributed by atoms with E-state index in [1.54, 1.807) is 20.8 Å². The van der Waals surface area contributed by atoms with Crippen LogP contribution in [0.3, 0.4) is 0 Å². The Labute approximate surface area is 186 Å². The average Bonchev–Trinajstić information content (AvgIpc) is 2.90. The summed E-state index contributed by atoms with van der Waals surface area (Å²) in [4.78, 5) is 25.6. The number of fused-ring (bicyclic) bond motifs is 1. The number of aromatic hydroxyl groups is 1. The minimum absolute atomic E-state index is 0.00169. The predicted octanol–water partition coefficient (Wildman–Crippen LogP) is 5.27. The minimum Gasteiger partial charge on any atom is -0.505 e. The van der Waals surface area contributed by atoms with Gasteiger partial charge in [0.1, 0.15) is 11.4 Å². The van der Waals surface area contributed by atoms with Gasteiger partial charge in [0.05, 0.1) is 11.9 Å². The highest BCUT2D eigenvalue weighted by Gasteiger charge is 2.31. The molecule has 1 N–H and O–H groups in total. The monoisotopic (exact) mass is 467 g/mol. The maximum Gasteiger partial charge on any atom is 0.573 e. The van der Waals surface area contributed by atoms with Gasteiger partial charge in [-0.1, -0.05) is 0 Å². The first-order valence-corrected chi connectivity index (χ1v) is 9.81. The van der Waals surface area contributed by atoms with Crippen molar-refractivity contribution in [2.45, 2.75) is 46.1 Å². The molecule has 0 fully saturated rings. The van der Waals surface area contributed by atoms with Gasteiger partial charge in [-0.15, -0.1) is 13.2 Å². The highest BCUT2D eigenvalue weighted by atomic mass is 19.4. The van der Waals surface area contributed by atoms with E-state index in [1.165, 1.54) is 6.92 Å². The topological polar surface area (TPSA) is 77.8 Å². The van der Waals surface area contributed by atoms with Crippen LogP contribution >= 0.6 is 0 Å². The van der Waals surface area contributed by atoms with Gasteiger partial charge in [-0.25, -0.2) is 4.39 Å². The van der Waals surface area contributed by atoms with Gasteiger partial charge < -0.3 is 14.6 Å². The third-order valence-electron chi connectivity index (χ3n) is 4.68. The molecule has 0 aliphatic rings. The van der Waals surface area contributed by atoms with Crippen molar-refractivity contribution in [1.82, 2.24) is 4.57 Å². The Hall–Kier alpha value is -3.56. The van der Waals surface area contributed by atoms with Crippen molar-refractivity contribution < 1.29 is 41.7 Å². The van der Waals surface area contributed by atoms with E-state index >= 15 is 0 Å². The molecule has 0 radical (unpaired) electrons. The number of halogens is 4. The molecule has 3 rings (SSSR count). The van der Waals surface area contributed by atoms with Gasteiger partial charge in [0.2, 0.25) is 0 Å². The quantitative estimate of drug-likeness (QED) is 0.418. The van der Waals surface area contributed by atoms with Crippen molar-refractivity contribution in [3.8, 4) is 11.5 Å². The lowest BCUT2D eigenvalue weighted by molar-refractivity contribution is -0.274. The average molecular weight is 467 g/mol. The molecular formula is C23H21F4NO5. The first-order chi connectivity index (χ1) is 15.2. The summed E-state index contributed by atoms with van der Waals surface area (Å²) in [7, 11) is 0. The van der Waals surface area contributed by atoms with Crippen LogP contribution in [0, 0.1) is 12.7 Å². The maximum absolute atomic E-state index is 14.1. The van der Waals surface area contributed by atoms with Gasteiger partial charge in [-0.2, -0.15) is 0 Å². The van der Waals surface area contributed by atoms with Crippen LogP contribution in [0.15, 0.2) is 36.4 Å². The van der Waals surface area contributed by atoms with Gasteiger partial charge in [-0.3, -0.25) is 14.2 Å². The Balaban J connectivity index is 2.07. The summed E-state index contributed by atoms with van der Waals surface area (Å²) >= 11 is 0. The number of esters is 1.